The number of ether oxygens (including phenoxy) is 1. The zero-order valence-corrected chi connectivity index (χ0v) is 8.17. The Hall–Kier alpha value is -2.44. The van der Waals surface area contributed by atoms with Crippen molar-refractivity contribution in [2.24, 2.45) is 0 Å². The van der Waals surface area contributed by atoms with Gasteiger partial charge in [-0.3, -0.25) is 10.1 Å². The van der Waals surface area contributed by atoms with Gasteiger partial charge >= 0.3 is 11.9 Å². The fraction of sp³-hybridized carbons (Fsp3) is 0.111. The van der Waals surface area contributed by atoms with E-state index in [-0.39, 0.29) is 11.4 Å². The molecule has 16 heavy (non-hydrogen) atoms. The number of nitrogens with zero attached hydrogens (tertiary/aromatic N) is 1. The number of hydrogen-bond donors (Lipinski definition) is 1. The predicted octanol–water partition coefficient (Wildman–Crippen LogP) is 0.893. The van der Waals surface area contributed by atoms with Gasteiger partial charge in [0.1, 0.15) is 5.75 Å². The molecule has 0 atom stereocenters. The van der Waals surface area contributed by atoms with Crippen LogP contribution in [0.3, 0.4) is 0 Å². The Morgan fingerprint density at radius 3 is 2.50 bits per heavy atom. The number of non-ortho nitro benzene ring substituents is 1. The normalized spacial score (nSPS) is 9.56. The van der Waals surface area contributed by atoms with Crippen LogP contribution in [0.15, 0.2) is 18.2 Å². The summed E-state index contributed by atoms with van der Waals surface area (Å²) in [5, 5.41) is 18.7. The summed E-state index contributed by atoms with van der Waals surface area (Å²) in [6, 6.07) is 3.48. The molecule has 0 aliphatic carbocycles. The first-order valence-corrected chi connectivity index (χ1v) is 4.12. The van der Waals surface area contributed by atoms with E-state index in [1.807, 2.05) is 0 Å². The van der Waals surface area contributed by atoms with E-state index in [0.717, 1.165) is 6.07 Å². The molecule has 0 radical (unpaired) electrons. The lowest BCUT2D eigenvalue weighted by atomic mass is 10.2. The van der Waals surface area contributed by atoms with E-state index < -0.39 is 16.9 Å². The van der Waals surface area contributed by atoms with Gasteiger partial charge in [0.25, 0.3) is 5.69 Å². The molecule has 0 aliphatic rings. The van der Waals surface area contributed by atoms with Crippen LogP contribution in [-0.2, 0) is 9.59 Å². The SMILES string of the molecule is Cc1cc([N+](=O)[O-])ccc1OC(=O)C(=O)O. The van der Waals surface area contributed by atoms with Gasteiger partial charge in [-0.15, -0.1) is 0 Å². The van der Waals surface area contributed by atoms with Crippen molar-refractivity contribution in [3.05, 3.63) is 33.9 Å². The molecule has 84 valence electrons. The second kappa shape index (κ2) is 4.39. The van der Waals surface area contributed by atoms with Gasteiger partial charge in [-0.25, -0.2) is 9.59 Å². The average molecular weight is 225 g/mol. The maximum atomic E-state index is 10.7. The number of hydrogen-bond acceptors (Lipinski definition) is 5. The molecule has 0 saturated carbocycles. The zero-order valence-electron chi connectivity index (χ0n) is 8.17. The summed E-state index contributed by atoms with van der Waals surface area (Å²) in [4.78, 5) is 30.7. The third-order valence-electron chi connectivity index (χ3n) is 1.75. The third-order valence-corrected chi connectivity index (χ3v) is 1.75. The van der Waals surface area contributed by atoms with Gasteiger partial charge in [0.2, 0.25) is 0 Å². The van der Waals surface area contributed by atoms with Crippen LogP contribution >= 0.6 is 0 Å². The number of carbonyl (C=O) groups excluding carboxylic acids is 1. The van der Waals surface area contributed by atoms with Crippen LogP contribution in [0.1, 0.15) is 5.56 Å². The number of aryl methyl sites for hydroxylation is 1. The molecule has 0 heterocycles. The van der Waals surface area contributed by atoms with Gasteiger partial charge in [-0.05, 0) is 18.6 Å². The standard InChI is InChI=1S/C9H7NO6/c1-5-4-6(10(14)15)2-3-7(5)16-9(13)8(11)12/h2-4H,1H3,(H,11,12). The zero-order chi connectivity index (χ0) is 12.3. The van der Waals surface area contributed by atoms with Crippen molar-refractivity contribution in [2.75, 3.05) is 0 Å². The van der Waals surface area contributed by atoms with Crippen LogP contribution < -0.4 is 4.74 Å². The number of aliphatic carboxylic acids is 1. The highest BCUT2D eigenvalue weighted by molar-refractivity contribution is 6.29. The van der Waals surface area contributed by atoms with Crippen LogP contribution in [0.2, 0.25) is 0 Å². The molecule has 0 aromatic heterocycles. The molecule has 0 aliphatic heterocycles. The minimum Gasteiger partial charge on any atom is -0.473 e. The van der Waals surface area contributed by atoms with Crippen molar-refractivity contribution < 1.29 is 24.4 Å². The number of carbonyl (C=O) groups is 2. The quantitative estimate of drug-likeness (QED) is 0.263. The number of carboxylic acids is 1. The molecule has 0 unspecified atom stereocenters. The highest BCUT2D eigenvalue weighted by Crippen LogP contribution is 2.23. The molecule has 1 N–H and O–H groups in total. The topological polar surface area (TPSA) is 107 Å². The van der Waals surface area contributed by atoms with Gasteiger partial charge in [-0.1, -0.05) is 0 Å². The molecule has 1 aromatic carbocycles. The lowest BCUT2D eigenvalue weighted by Gasteiger charge is -2.04. The minimum atomic E-state index is -1.72. The molecule has 0 fully saturated rings. The van der Waals surface area contributed by atoms with Crippen molar-refractivity contribution in [3.8, 4) is 5.75 Å². The molecule has 0 amide bonds. The number of nitro groups is 1. The molecule has 7 nitrogen and oxygen atoms in total. The van der Waals surface area contributed by atoms with E-state index in [9.17, 15) is 19.7 Å². The average Bonchev–Trinajstić information content (AvgIpc) is 2.20. The van der Waals surface area contributed by atoms with Gasteiger partial charge in [0.15, 0.2) is 0 Å². The Kier molecular flexibility index (Phi) is 3.19. The molecule has 0 saturated heterocycles. The Balaban J connectivity index is 2.96. The Morgan fingerprint density at radius 1 is 1.44 bits per heavy atom. The lowest BCUT2D eigenvalue weighted by molar-refractivity contribution is -0.384. The van der Waals surface area contributed by atoms with E-state index in [0.29, 0.717) is 5.56 Å². The molecule has 0 spiro atoms. The van der Waals surface area contributed by atoms with Crippen molar-refractivity contribution in [3.63, 3.8) is 0 Å². The summed E-state index contributed by atoms with van der Waals surface area (Å²) in [7, 11) is 0. The van der Waals surface area contributed by atoms with E-state index >= 15 is 0 Å². The number of carboxylic acid groups (broad SMARTS) is 1. The van der Waals surface area contributed by atoms with Gasteiger partial charge in [-0.2, -0.15) is 0 Å². The second-order valence-electron chi connectivity index (χ2n) is 2.90. The summed E-state index contributed by atoms with van der Waals surface area (Å²) < 4.78 is 4.48. The van der Waals surface area contributed by atoms with Gasteiger partial charge < -0.3 is 9.84 Å². The summed E-state index contributed by atoms with van der Waals surface area (Å²) in [5.74, 6) is -3.17. The van der Waals surface area contributed by atoms with E-state index in [1.165, 1.54) is 19.1 Å². The number of benzene rings is 1. The maximum absolute atomic E-state index is 10.7. The fourth-order valence-corrected chi connectivity index (χ4v) is 1.01. The van der Waals surface area contributed by atoms with Crippen molar-refractivity contribution >= 4 is 17.6 Å². The maximum Gasteiger partial charge on any atom is 0.422 e. The van der Waals surface area contributed by atoms with Crippen LogP contribution in [-0.4, -0.2) is 22.0 Å². The van der Waals surface area contributed by atoms with Crippen LogP contribution in [0.25, 0.3) is 0 Å². The second-order valence-corrected chi connectivity index (χ2v) is 2.90. The van der Waals surface area contributed by atoms with Crippen molar-refractivity contribution in [1.29, 1.82) is 0 Å². The van der Waals surface area contributed by atoms with E-state index in [1.54, 1.807) is 0 Å². The first kappa shape index (κ1) is 11.6. The fourth-order valence-electron chi connectivity index (χ4n) is 1.01. The Labute approximate surface area is 89.4 Å². The summed E-state index contributed by atoms with van der Waals surface area (Å²) >= 11 is 0. The molecule has 7 heteroatoms. The number of rotatable bonds is 2. The van der Waals surface area contributed by atoms with Crippen molar-refractivity contribution in [1.82, 2.24) is 0 Å². The first-order valence-electron chi connectivity index (χ1n) is 4.12. The van der Waals surface area contributed by atoms with Crippen LogP contribution in [0.5, 0.6) is 5.75 Å². The predicted molar refractivity (Wildman–Crippen MR) is 51.1 cm³/mol. The Morgan fingerprint density at radius 2 is 2.06 bits per heavy atom. The molecule has 1 rings (SSSR count). The summed E-state index contributed by atoms with van der Waals surface area (Å²) in [5.41, 5.74) is 0.149. The van der Waals surface area contributed by atoms with Crippen molar-refractivity contribution in [2.45, 2.75) is 6.92 Å². The summed E-state index contributed by atoms with van der Waals surface area (Å²) in [6.07, 6.45) is 0. The Bertz CT molecular complexity index is 467. The lowest BCUT2D eigenvalue weighted by Crippen LogP contribution is -2.19. The number of esters is 1. The van der Waals surface area contributed by atoms with E-state index in [2.05, 4.69) is 4.74 Å². The smallest absolute Gasteiger partial charge is 0.422 e. The molecular formula is C9H7NO6. The highest BCUT2D eigenvalue weighted by atomic mass is 16.6. The minimum absolute atomic E-state index is 0.0157. The summed E-state index contributed by atoms with van der Waals surface area (Å²) in [6.45, 7) is 1.47. The molecular weight excluding hydrogens is 218 g/mol. The van der Waals surface area contributed by atoms with Crippen LogP contribution in [0.4, 0.5) is 5.69 Å². The highest BCUT2D eigenvalue weighted by Gasteiger charge is 2.16. The van der Waals surface area contributed by atoms with E-state index in [4.69, 9.17) is 5.11 Å². The molecule has 1 aromatic rings. The molecule has 0 bridgehead atoms. The van der Waals surface area contributed by atoms with Crippen LogP contribution in [0, 0.1) is 17.0 Å². The monoisotopic (exact) mass is 225 g/mol. The van der Waals surface area contributed by atoms with Gasteiger partial charge in [0, 0.05) is 12.1 Å². The third kappa shape index (κ3) is 2.53. The first-order chi connectivity index (χ1) is 7.41. The largest absolute Gasteiger partial charge is 0.473 e. The van der Waals surface area contributed by atoms with Gasteiger partial charge in [0.05, 0.1) is 4.92 Å². The number of nitro benzene ring substituents is 1.